The first-order valence-electron chi connectivity index (χ1n) is 5.90. The number of hydrogen-bond donors (Lipinski definition) is 1. The van der Waals surface area contributed by atoms with E-state index in [-0.39, 0.29) is 12.5 Å². The van der Waals surface area contributed by atoms with E-state index in [1.165, 1.54) is 18.4 Å². The predicted molar refractivity (Wildman–Crippen MR) is 69.7 cm³/mol. The van der Waals surface area contributed by atoms with Crippen LogP contribution in [0.3, 0.4) is 0 Å². The van der Waals surface area contributed by atoms with Crippen LogP contribution in [0.2, 0.25) is 0 Å². The molecule has 1 N–H and O–H groups in total. The molecule has 0 aliphatic heterocycles. The number of carbonyl (C=O) groups is 1. The van der Waals surface area contributed by atoms with Gasteiger partial charge in [-0.2, -0.15) is 5.26 Å². The van der Waals surface area contributed by atoms with Crippen LogP contribution in [0.5, 0.6) is 0 Å². The van der Waals surface area contributed by atoms with Crippen LogP contribution in [0.25, 0.3) is 0 Å². The van der Waals surface area contributed by atoms with Gasteiger partial charge in [0.05, 0.1) is 17.6 Å². The average molecular weight is 264 g/mol. The van der Waals surface area contributed by atoms with E-state index in [2.05, 4.69) is 11.4 Å². The highest BCUT2D eigenvalue weighted by Crippen LogP contribution is 2.43. The Morgan fingerprint density at radius 2 is 2.44 bits per heavy atom. The van der Waals surface area contributed by atoms with Gasteiger partial charge in [0.25, 0.3) is 5.91 Å². The van der Waals surface area contributed by atoms with Crippen molar-refractivity contribution in [2.45, 2.75) is 31.2 Å². The molecule has 0 aromatic carbocycles. The van der Waals surface area contributed by atoms with Gasteiger partial charge in [0.1, 0.15) is 5.54 Å². The van der Waals surface area contributed by atoms with Gasteiger partial charge in [-0.1, -0.05) is 0 Å². The van der Waals surface area contributed by atoms with Crippen molar-refractivity contribution in [3.8, 4) is 6.07 Å². The van der Waals surface area contributed by atoms with Gasteiger partial charge in [0.2, 0.25) is 0 Å². The molecule has 1 aliphatic rings. The number of methoxy groups -OCH3 is 1. The number of amides is 1. The summed E-state index contributed by atoms with van der Waals surface area (Å²) < 4.78 is 4.97. The van der Waals surface area contributed by atoms with Crippen LogP contribution in [-0.2, 0) is 4.74 Å². The van der Waals surface area contributed by atoms with Gasteiger partial charge in [0.15, 0.2) is 0 Å². The summed E-state index contributed by atoms with van der Waals surface area (Å²) in [6.07, 6.45) is 2.31. The van der Waals surface area contributed by atoms with Crippen molar-refractivity contribution < 1.29 is 9.53 Å². The monoisotopic (exact) mass is 264 g/mol. The third kappa shape index (κ3) is 2.71. The first-order valence-corrected chi connectivity index (χ1v) is 6.77. The van der Waals surface area contributed by atoms with E-state index in [4.69, 9.17) is 10.00 Å². The summed E-state index contributed by atoms with van der Waals surface area (Å²) in [5, 5.41) is 13.8. The molecule has 1 heterocycles. The minimum atomic E-state index is -0.976. The Morgan fingerprint density at radius 3 is 3.00 bits per heavy atom. The van der Waals surface area contributed by atoms with E-state index in [9.17, 15) is 4.79 Å². The highest BCUT2D eigenvalue weighted by molar-refractivity contribution is 7.12. The van der Waals surface area contributed by atoms with Gasteiger partial charge < -0.3 is 10.1 Å². The molecule has 5 heteroatoms. The maximum Gasteiger partial charge on any atom is 0.262 e. The van der Waals surface area contributed by atoms with Crippen molar-refractivity contribution >= 4 is 17.2 Å². The molecule has 0 saturated heterocycles. The zero-order valence-electron chi connectivity index (χ0n) is 10.5. The van der Waals surface area contributed by atoms with Crippen molar-refractivity contribution in [1.29, 1.82) is 5.26 Å². The highest BCUT2D eigenvalue weighted by Gasteiger charge is 2.32. The summed E-state index contributed by atoms with van der Waals surface area (Å²) >= 11 is 1.43. The Bertz CT molecular complexity index is 487. The van der Waals surface area contributed by atoms with Crippen molar-refractivity contribution in [2.75, 3.05) is 13.7 Å². The third-order valence-corrected chi connectivity index (χ3v) is 3.92. The maximum absolute atomic E-state index is 12.2. The summed E-state index contributed by atoms with van der Waals surface area (Å²) in [4.78, 5) is 12.9. The molecular formula is C13H16N2O2S. The molecular weight excluding hydrogens is 248 g/mol. The third-order valence-electron chi connectivity index (χ3n) is 2.99. The molecule has 1 aromatic rings. The van der Waals surface area contributed by atoms with Gasteiger partial charge in [0, 0.05) is 7.11 Å². The molecule has 0 radical (unpaired) electrons. The van der Waals surface area contributed by atoms with Crippen molar-refractivity contribution in [1.82, 2.24) is 5.32 Å². The number of nitrogens with one attached hydrogen (secondary N) is 1. The lowest BCUT2D eigenvalue weighted by Crippen LogP contribution is -2.48. The van der Waals surface area contributed by atoms with Crippen LogP contribution in [0, 0.1) is 11.3 Å². The Hall–Kier alpha value is -1.38. The molecule has 1 unspecified atom stereocenters. The van der Waals surface area contributed by atoms with E-state index in [0.29, 0.717) is 5.92 Å². The number of nitriles is 1. The molecule has 0 bridgehead atoms. The molecule has 0 spiro atoms. The van der Waals surface area contributed by atoms with Crippen LogP contribution in [0.4, 0.5) is 0 Å². The van der Waals surface area contributed by atoms with Gasteiger partial charge >= 0.3 is 0 Å². The largest absolute Gasteiger partial charge is 0.381 e. The molecule has 1 atom stereocenters. The number of carbonyl (C=O) groups excluding carboxylic acids is 1. The van der Waals surface area contributed by atoms with Crippen molar-refractivity contribution in [3.63, 3.8) is 0 Å². The molecule has 1 aliphatic carbocycles. The minimum absolute atomic E-state index is 0.173. The second kappa shape index (κ2) is 5.09. The molecule has 1 aromatic heterocycles. The number of rotatable bonds is 5. The van der Waals surface area contributed by atoms with Gasteiger partial charge in [-0.3, -0.25) is 4.79 Å². The van der Waals surface area contributed by atoms with Crippen LogP contribution in [-0.4, -0.2) is 25.2 Å². The molecule has 2 rings (SSSR count). The Kier molecular flexibility index (Phi) is 3.69. The summed E-state index contributed by atoms with van der Waals surface area (Å²) in [5.41, 5.74) is 0.145. The maximum atomic E-state index is 12.2. The second-order valence-electron chi connectivity index (χ2n) is 4.81. The van der Waals surface area contributed by atoms with Crippen molar-refractivity contribution in [2.24, 2.45) is 0 Å². The van der Waals surface area contributed by atoms with E-state index in [0.717, 1.165) is 23.3 Å². The quantitative estimate of drug-likeness (QED) is 0.887. The predicted octanol–water partition coefficient (Wildman–Crippen LogP) is 2.28. The van der Waals surface area contributed by atoms with Gasteiger partial charge in [-0.15, -0.1) is 11.3 Å². The molecule has 1 fully saturated rings. The fraction of sp³-hybridized carbons (Fsp3) is 0.538. The molecule has 1 saturated carbocycles. The first kappa shape index (κ1) is 13.1. The van der Waals surface area contributed by atoms with E-state index in [1.807, 2.05) is 11.4 Å². The molecule has 1 amide bonds. The number of nitrogens with zero attached hydrogens (tertiary/aromatic N) is 1. The topological polar surface area (TPSA) is 62.1 Å². The SMILES string of the molecule is COCC(C)(C#N)NC(=O)c1sccc1C1CC1. The summed E-state index contributed by atoms with van der Waals surface area (Å²) in [5.74, 6) is 0.362. The van der Waals surface area contributed by atoms with Gasteiger partial charge in [-0.05, 0) is 42.7 Å². The number of hydrogen-bond acceptors (Lipinski definition) is 4. The zero-order chi connectivity index (χ0) is 13.2. The van der Waals surface area contributed by atoms with E-state index in [1.54, 1.807) is 6.92 Å². The fourth-order valence-electron chi connectivity index (χ4n) is 1.91. The number of ether oxygens (including phenoxy) is 1. The minimum Gasteiger partial charge on any atom is -0.381 e. The summed E-state index contributed by atoms with van der Waals surface area (Å²) in [6, 6.07) is 4.10. The molecule has 18 heavy (non-hydrogen) atoms. The van der Waals surface area contributed by atoms with E-state index >= 15 is 0 Å². The molecule has 4 nitrogen and oxygen atoms in total. The molecule has 96 valence electrons. The zero-order valence-corrected chi connectivity index (χ0v) is 11.3. The highest BCUT2D eigenvalue weighted by atomic mass is 32.1. The van der Waals surface area contributed by atoms with E-state index < -0.39 is 5.54 Å². The Labute approximate surface area is 111 Å². The van der Waals surface area contributed by atoms with Crippen LogP contribution >= 0.6 is 11.3 Å². The fourth-order valence-corrected chi connectivity index (χ4v) is 2.79. The standard InChI is InChI=1S/C13H16N2O2S/c1-13(7-14,8-17-2)15-12(16)11-10(5-6-18-11)9-3-4-9/h5-6,9H,3-4,8H2,1-2H3,(H,15,16). The normalized spacial score (nSPS) is 17.8. The first-order chi connectivity index (χ1) is 8.59. The second-order valence-corrected chi connectivity index (χ2v) is 5.73. The average Bonchev–Trinajstić information content (AvgIpc) is 3.06. The Balaban J connectivity index is 2.11. The lowest BCUT2D eigenvalue weighted by molar-refractivity contribution is 0.0863. The number of thiophene rings is 1. The van der Waals surface area contributed by atoms with Crippen LogP contribution in [0.1, 0.15) is 40.9 Å². The summed E-state index contributed by atoms with van der Waals surface area (Å²) in [7, 11) is 1.52. The van der Waals surface area contributed by atoms with Crippen LogP contribution in [0.15, 0.2) is 11.4 Å². The summed E-state index contributed by atoms with van der Waals surface area (Å²) in [6.45, 7) is 1.85. The van der Waals surface area contributed by atoms with Crippen LogP contribution < -0.4 is 5.32 Å². The lowest BCUT2D eigenvalue weighted by Gasteiger charge is -2.22. The lowest BCUT2D eigenvalue weighted by atomic mass is 10.1. The van der Waals surface area contributed by atoms with Gasteiger partial charge in [-0.25, -0.2) is 0 Å². The smallest absolute Gasteiger partial charge is 0.262 e. The Morgan fingerprint density at radius 1 is 1.72 bits per heavy atom. The van der Waals surface area contributed by atoms with Crippen molar-refractivity contribution in [3.05, 3.63) is 21.9 Å².